The maximum Gasteiger partial charge on any atom is 0.120 e. The van der Waals surface area contributed by atoms with Gasteiger partial charge < -0.3 is 4.74 Å². The van der Waals surface area contributed by atoms with Crippen LogP contribution in [0.4, 0.5) is 0 Å². The molecule has 9 heavy (non-hydrogen) atoms. The van der Waals surface area contributed by atoms with E-state index in [1.165, 1.54) is 0 Å². The smallest absolute Gasteiger partial charge is 0.120 e. The van der Waals surface area contributed by atoms with Gasteiger partial charge in [-0.2, -0.15) is 0 Å². The molecular weight excluding hydrogens is 132 g/mol. The summed E-state index contributed by atoms with van der Waals surface area (Å²) < 4.78 is 4.93. The predicted molar refractivity (Wildman–Crippen MR) is 39.1 cm³/mol. The largest absolute Gasteiger partial charge is 0.497 e. The van der Waals surface area contributed by atoms with Crippen LogP contribution >= 0.6 is 12.6 Å². The summed E-state index contributed by atoms with van der Waals surface area (Å²) >= 11 is 4.07. The molecule has 0 amide bonds. The van der Waals surface area contributed by atoms with E-state index >= 15 is 0 Å². The minimum atomic E-state index is 0.800. The summed E-state index contributed by atoms with van der Waals surface area (Å²) in [6.07, 6.45) is 0. The minimum Gasteiger partial charge on any atom is -0.497 e. The van der Waals surface area contributed by atoms with Gasteiger partial charge in [0.25, 0.3) is 0 Å². The Bertz CT molecular complexity index is 198. The molecule has 0 saturated heterocycles. The lowest BCUT2D eigenvalue weighted by Crippen LogP contribution is -1.80. The standard InChI is InChI=1S/C7H7OS/c1-8-6-3-2-4-7(9)5-6/h2-3,5,9H,1H3. The molecule has 1 rings (SSSR count). The zero-order chi connectivity index (χ0) is 6.69. The van der Waals surface area contributed by atoms with Crippen LogP contribution in [0, 0.1) is 6.07 Å². The van der Waals surface area contributed by atoms with E-state index in [2.05, 4.69) is 18.7 Å². The summed E-state index contributed by atoms with van der Waals surface area (Å²) in [6.45, 7) is 0. The van der Waals surface area contributed by atoms with Crippen LogP contribution in [0.15, 0.2) is 23.1 Å². The third-order valence-corrected chi connectivity index (χ3v) is 1.25. The van der Waals surface area contributed by atoms with Gasteiger partial charge in [0.1, 0.15) is 5.75 Å². The zero-order valence-corrected chi connectivity index (χ0v) is 5.98. The molecule has 0 aliphatic carbocycles. The van der Waals surface area contributed by atoms with Crippen molar-refractivity contribution in [2.24, 2.45) is 0 Å². The van der Waals surface area contributed by atoms with Gasteiger partial charge in [-0.05, 0) is 24.3 Å². The fraction of sp³-hybridized carbons (Fsp3) is 0.143. The molecular formula is C7H7OS. The fourth-order valence-electron chi connectivity index (χ4n) is 0.561. The highest BCUT2D eigenvalue weighted by atomic mass is 32.1. The molecule has 0 unspecified atom stereocenters. The van der Waals surface area contributed by atoms with E-state index in [0.717, 1.165) is 10.6 Å². The number of methoxy groups -OCH3 is 1. The lowest BCUT2D eigenvalue weighted by atomic mass is 10.3. The SMILES string of the molecule is COc1cc[c]c(S)c1. The second-order valence-corrected chi connectivity index (χ2v) is 2.10. The Balaban J connectivity index is 2.94. The van der Waals surface area contributed by atoms with Crippen molar-refractivity contribution in [2.75, 3.05) is 7.11 Å². The van der Waals surface area contributed by atoms with Crippen LogP contribution in [-0.2, 0) is 0 Å². The number of hydrogen-bond acceptors (Lipinski definition) is 2. The van der Waals surface area contributed by atoms with Gasteiger partial charge in [-0.15, -0.1) is 12.6 Å². The third kappa shape index (κ3) is 1.64. The Hall–Kier alpha value is -0.630. The third-order valence-electron chi connectivity index (χ3n) is 0.993. The van der Waals surface area contributed by atoms with E-state index < -0.39 is 0 Å². The van der Waals surface area contributed by atoms with Crippen LogP contribution in [0.1, 0.15) is 0 Å². The maximum absolute atomic E-state index is 4.93. The molecule has 0 fully saturated rings. The first kappa shape index (κ1) is 6.49. The van der Waals surface area contributed by atoms with Crippen LogP contribution in [-0.4, -0.2) is 7.11 Å². The fourth-order valence-corrected chi connectivity index (χ4v) is 0.762. The number of rotatable bonds is 1. The molecule has 1 aromatic rings. The van der Waals surface area contributed by atoms with Crippen molar-refractivity contribution in [2.45, 2.75) is 4.90 Å². The van der Waals surface area contributed by atoms with Crippen molar-refractivity contribution in [3.8, 4) is 5.75 Å². The van der Waals surface area contributed by atoms with E-state index in [1.54, 1.807) is 13.2 Å². The Kier molecular flexibility index (Phi) is 2.01. The summed E-state index contributed by atoms with van der Waals surface area (Å²) in [5.74, 6) is 0.818. The van der Waals surface area contributed by atoms with Crippen molar-refractivity contribution >= 4 is 12.6 Å². The molecule has 1 aromatic carbocycles. The zero-order valence-electron chi connectivity index (χ0n) is 5.09. The van der Waals surface area contributed by atoms with E-state index in [1.807, 2.05) is 12.1 Å². The van der Waals surface area contributed by atoms with Gasteiger partial charge in [-0.1, -0.05) is 0 Å². The highest BCUT2D eigenvalue weighted by Crippen LogP contribution is 2.13. The molecule has 0 spiro atoms. The van der Waals surface area contributed by atoms with E-state index in [4.69, 9.17) is 4.74 Å². The van der Waals surface area contributed by atoms with E-state index in [0.29, 0.717) is 0 Å². The predicted octanol–water partition coefficient (Wildman–Crippen LogP) is 1.78. The van der Waals surface area contributed by atoms with E-state index in [9.17, 15) is 0 Å². The molecule has 0 saturated carbocycles. The minimum absolute atomic E-state index is 0.800. The Morgan fingerprint density at radius 1 is 1.67 bits per heavy atom. The van der Waals surface area contributed by atoms with Crippen molar-refractivity contribution in [3.05, 3.63) is 24.3 Å². The lowest BCUT2D eigenvalue weighted by Gasteiger charge is -1.96. The molecule has 47 valence electrons. The monoisotopic (exact) mass is 139 g/mol. The van der Waals surface area contributed by atoms with Crippen molar-refractivity contribution in [1.82, 2.24) is 0 Å². The van der Waals surface area contributed by atoms with E-state index in [-0.39, 0.29) is 0 Å². The quantitative estimate of drug-likeness (QED) is 0.583. The second kappa shape index (κ2) is 2.78. The van der Waals surface area contributed by atoms with Gasteiger partial charge in [-0.3, -0.25) is 0 Å². The summed E-state index contributed by atoms with van der Waals surface area (Å²) in [7, 11) is 1.63. The summed E-state index contributed by atoms with van der Waals surface area (Å²) in [5.41, 5.74) is 0. The molecule has 1 radical (unpaired) electrons. The van der Waals surface area contributed by atoms with Crippen molar-refractivity contribution < 1.29 is 4.74 Å². The van der Waals surface area contributed by atoms with Gasteiger partial charge in [0.2, 0.25) is 0 Å². The molecule has 1 nitrogen and oxygen atoms in total. The molecule has 2 heteroatoms. The summed E-state index contributed by atoms with van der Waals surface area (Å²) in [4.78, 5) is 0.800. The van der Waals surface area contributed by atoms with Gasteiger partial charge in [0.05, 0.1) is 7.11 Å². The van der Waals surface area contributed by atoms with Crippen LogP contribution in [0.25, 0.3) is 0 Å². The lowest BCUT2D eigenvalue weighted by molar-refractivity contribution is 0.413. The Morgan fingerprint density at radius 3 is 2.89 bits per heavy atom. The molecule has 0 bridgehead atoms. The number of hydrogen-bond donors (Lipinski definition) is 1. The normalized spacial score (nSPS) is 9.11. The number of ether oxygens (including phenoxy) is 1. The number of benzene rings is 1. The topological polar surface area (TPSA) is 9.23 Å². The maximum atomic E-state index is 4.93. The highest BCUT2D eigenvalue weighted by Gasteiger charge is 1.88. The first-order chi connectivity index (χ1) is 4.33. The van der Waals surface area contributed by atoms with Crippen LogP contribution in [0.2, 0.25) is 0 Å². The van der Waals surface area contributed by atoms with Crippen LogP contribution in [0.3, 0.4) is 0 Å². The number of thiol groups is 1. The average Bonchev–Trinajstić information content (AvgIpc) is 1.88. The average molecular weight is 139 g/mol. The van der Waals surface area contributed by atoms with Gasteiger partial charge in [-0.25, -0.2) is 0 Å². The summed E-state index contributed by atoms with van der Waals surface area (Å²) in [6, 6.07) is 8.31. The van der Waals surface area contributed by atoms with Crippen molar-refractivity contribution in [1.29, 1.82) is 0 Å². The van der Waals surface area contributed by atoms with Gasteiger partial charge in [0, 0.05) is 4.90 Å². The van der Waals surface area contributed by atoms with Crippen LogP contribution < -0.4 is 4.74 Å². The molecule has 0 aromatic heterocycles. The molecule has 0 aliphatic heterocycles. The second-order valence-electron chi connectivity index (χ2n) is 1.61. The Labute approximate surface area is 60.1 Å². The molecule has 0 atom stereocenters. The Morgan fingerprint density at radius 2 is 2.44 bits per heavy atom. The van der Waals surface area contributed by atoms with Crippen LogP contribution in [0.5, 0.6) is 5.75 Å². The van der Waals surface area contributed by atoms with Crippen molar-refractivity contribution in [3.63, 3.8) is 0 Å². The molecule has 0 N–H and O–H groups in total. The molecule has 0 heterocycles. The van der Waals surface area contributed by atoms with Gasteiger partial charge in [0.15, 0.2) is 0 Å². The first-order valence-electron chi connectivity index (χ1n) is 2.57. The highest BCUT2D eigenvalue weighted by molar-refractivity contribution is 7.80. The van der Waals surface area contributed by atoms with Gasteiger partial charge >= 0.3 is 0 Å². The first-order valence-corrected chi connectivity index (χ1v) is 3.02. The molecule has 0 aliphatic rings. The summed E-state index contributed by atoms with van der Waals surface area (Å²) in [5, 5.41) is 0.